The van der Waals surface area contributed by atoms with Crippen LogP contribution in [0, 0.1) is 13.8 Å². The highest BCUT2D eigenvalue weighted by molar-refractivity contribution is 6.31. The Morgan fingerprint density at radius 3 is 2.35 bits per heavy atom. The number of ether oxygens (including phenoxy) is 1. The van der Waals surface area contributed by atoms with E-state index in [9.17, 15) is 9.59 Å². The van der Waals surface area contributed by atoms with Gasteiger partial charge in [0.05, 0.1) is 7.11 Å². The standard InChI is InChI=1S/C26H37ClN4O3/c1-7-31(20-10-8-19(9-11-20)30(4)5)23-13-18(27)12-21(16(23)2)26(33)28-15-22-17(3)29-25(34-6)14-24(22)32/h12-14,19-20H,7-11,15H2,1-6H3,(H,28,33)(H,29,32)/t19-,20-. The van der Waals surface area contributed by atoms with Gasteiger partial charge in [0.1, 0.15) is 0 Å². The van der Waals surface area contributed by atoms with E-state index >= 15 is 0 Å². The molecular formula is C26H37ClN4O3. The molecule has 1 saturated carbocycles. The third kappa shape index (κ3) is 5.76. The molecule has 186 valence electrons. The van der Waals surface area contributed by atoms with Crippen molar-refractivity contribution in [1.82, 2.24) is 15.2 Å². The average molecular weight is 489 g/mol. The van der Waals surface area contributed by atoms with Gasteiger partial charge in [-0.25, -0.2) is 0 Å². The van der Waals surface area contributed by atoms with Crippen LogP contribution < -0.4 is 20.4 Å². The van der Waals surface area contributed by atoms with Crippen molar-refractivity contribution in [2.45, 2.75) is 65.1 Å². The van der Waals surface area contributed by atoms with Crippen LogP contribution in [0.15, 0.2) is 23.0 Å². The van der Waals surface area contributed by atoms with Gasteiger partial charge in [-0.1, -0.05) is 11.6 Å². The smallest absolute Gasteiger partial charge is 0.251 e. The van der Waals surface area contributed by atoms with E-state index in [0.29, 0.717) is 39.8 Å². The summed E-state index contributed by atoms with van der Waals surface area (Å²) in [4.78, 5) is 33.3. The van der Waals surface area contributed by atoms with Crippen molar-refractivity contribution in [3.05, 3.63) is 55.8 Å². The van der Waals surface area contributed by atoms with Gasteiger partial charge >= 0.3 is 0 Å². The summed E-state index contributed by atoms with van der Waals surface area (Å²) < 4.78 is 5.10. The van der Waals surface area contributed by atoms with Crippen LogP contribution in [-0.4, -0.2) is 55.6 Å². The van der Waals surface area contributed by atoms with Crippen LogP contribution in [0.2, 0.25) is 5.02 Å². The minimum atomic E-state index is -0.247. The molecule has 1 amide bonds. The summed E-state index contributed by atoms with van der Waals surface area (Å²) in [5.74, 6) is 0.149. The summed E-state index contributed by atoms with van der Waals surface area (Å²) >= 11 is 6.49. The zero-order chi connectivity index (χ0) is 25.0. The number of methoxy groups -OCH3 is 1. The summed E-state index contributed by atoms with van der Waals surface area (Å²) in [6.45, 7) is 6.88. The molecular weight excluding hydrogens is 452 g/mol. The first-order chi connectivity index (χ1) is 16.2. The van der Waals surface area contributed by atoms with E-state index in [4.69, 9.17) is 16.3 Å². The number of nitrogens with zero attached hydrogens (tertiary/aromatic N) is 2. The highest BCUT2D eigenvalue weighted by atomic mass is 35.5. The van der Waals surface area contributed by atoms with Crippen molar-refractivity contribution >= 4 is 23.2 Å². The van der Waals surface area contributed by atoms with Gasteiger partial charge in [0.2, 0.25) is 0 Å². The lowest BCUT2D eigenvalue weighted by atomic mass is 9.89. The molecule has 0 atom stereocenters. The number of aromatic nitrogens is 1. The first-order valence-corrected chi connectivity index (χ1v) is 12.3. The highest BCUT2D eigenvalue weighted by Crippen LogP contribution is 2.34. The maximum atomic E-state index is 13.2. The molecule has 8 heteroatoms. The number of halogens is 1. The van der Waals surface area contributed by atoms with E-state index in [1.807, 2.05) is 13.0 Å². The van der Waals surface area contributed by atoms with Crippen LogP contribution >= 0.6 is 11.6 Å². The Labute approximate surface area is 207 Å². The van der Waals surface area contributed by atoms with Gasteiger partial charge in [-0.2, -0.15) is 0 Å². The minimum absolute atomic E-state index is 0.122. The van der Waals surface area contributed by atoms with Gasteiger partial charge in [0, 0.05) is 58.8 Å². The predicted octanol–water partition coefficient (Wildman–Crippen LogP) is 4.28. The topological polar surface area (TPSA) is 77.7 Å². The number of anilines is 1. The lowest BCUT2D eigenvalue weighted by Crippen LogP contribution is -2.42. The zero-order valence-corrected chi connectivity index (χ0v) is 21.9. The molecule has 2 aromatic rings. The summed E-state index contributed by atoms with van der Waals surface area (Å²) in [5.41, 5.74) is 3.43. The number of amides is 1. The number of pyridine rings is 1. The van der Waals surface area contributed by atoms with Crippen LogP contribution in [0.5, 0.6) is 5.88 Å². The first kappa shape index (κ1) is 26.1. The Morgan fingerprint density at radius 1 is 1.15 bits per heavy atom. The molecule has 7 nitrogen and oxygen atoms in total. The van der Waals surface area contributed by atoms with Crippen LogP contribution in [0.1, 0.15) is 59.8 Å². The van der Waals surface area contributed by atoms with E-state index < -0.39 is 0 Å². The van der Waals surface area contributed by atoms with Crippen LogP contribution in [-0.2, 0) is 6.54 Å². The van der Waals surface area contributed by atoms with Gasteiger partial charge < -0.3 is 24.8 Å². The number of rotatable bonds is 8. The molecule has 3 rings (SSSR count). The van der Waals surface area contributed by atoms with Crippen molar-refractivity contribution in [3.8, 4) is 5.88 Å². The quantitative estimate of drug-likeness (QED) is 0.579. The number of benzene rings is 1. The molecule has 1 aromatic carbocycles. The van der Waals surface area contributed by atoms with Crippen molar-refractivity contribution in [2.24, 2.45) is 0 Å². The van der Waals surface area contributed by atoms with Crippen LogP contribution in [0.3, 0.4) is 0 Å². The summed E-state index contributed by atoms with van der Waals surface area (Å²) in [6, 6.07) is 6.11. The fourth-order valence-electron chi connectivity index (χ4n) is 4.99. The monoisotopic (exact) mass is 488 g/mol. The maximum absolute atomic E-state index is 13.2. The van der Waals surface area contributed by atoms with Gasteiger partial charge in [-0.05, 0) is 78.2 Å². The number of carbonyl (C=O) groups excluding carboxylic acids is 1. The Hall–Kier alpha value is -2.51. The lowest BCUT2D eigenvalue weighted by Gasteiger charge is -2.40. The van der Waals surface area contributed by atoms with Gasteiger partial charge in [0.25, 0.3) is 5.91 Å². The molecule has 0 spiro atoms. The fourth-order valence-corrected chi connectivity index (χ4v) is 5.20. The SMILES string of the molecule is CCN(c1cc(Cl)cc(C(=O)NCc2c(C)[nH]c(OC)cc2=O)c1C)[C@H]1CC[C@H](N(C)C)CC1. The van der Waals surface area contributed by atoms with Crippen LogP contribution in [0.25, 0.3) is 0 Å². The number of aryl methyl sites for hydroxylation is 1. The molecule has 0 unspecified atom stereocenters. The lowest BCUT2D eigenvalue weighted by molar-refractivity contribution is 0.0950. The summed E-state index contributed by atoms with van der Waals surface area (Å²) in [5, 5.41) is 3.43. The molecule has 0 aliphatic heterocycles. The normalized spacial score (nSPS) is 18.1. The maximum Gasteiger partial charge on any atom is 0.251 e. The molecule has 0 bridgehead atoms. The van der Waals surface area contributed by atoms with E-state index in [2.05, 4.69) is 41.1 Å². The fraction of sp³-hybridized carbons (Fsp3) is 0.538. The molecule has 0 saturated heterocycles. The highest BCUT2D eigenvalue weighted by Gasteiger charge is 2.28. The number of hydrogen-bond donors (Lipinski definition) is 2. The second kappa shape index (κ2) is 11.3. The number of aromatic amines is 1. The first-order valence-electron chi connectivity index (χ1n) is 11.9. The second-order valence-electron chi connectivity index (χ2n) is 9.30. The molecule has 0 radical (unpaired) electrons. The Balaban J connectivity index is 1.81. The largest absolute Gasteiger partial charge is 0.482 e. The van der Waals surface area contributed by atoms with E-state index in [1.165, 1.54) is 13.2 Å². The molecule has 1 heterocycles. The number of H-pyrrole nitrogens is 1. The number of hydrogen-bond acceptors (Lipinski definition) is 5. The van der Waals surface area contributed by atoms with Gasteiger partial charge in [0.15, 0.2) is 11.3 Å². The van der Waals surface area contributed by atoms with E-state index in [0.717, 1.165) is 43.5 Å². The molecule has 1 aliphatic rings. The summed E-state index contributed by atoms with van der Waals surface area (Å²) in [6.07, 6.45) is 4.56. The van der Waals surface area contributed by atoms with Crippen molar-refractivity contribution < 1.29 is 9.53 Å². The van der Waals surface area contributed by atoms with Gasteiger partial charge in [-0.3, -0.25) is 9.59 Å². The van der Waals surface area contributed by atoms with Crippen molar-refractivity contribution in [2.75, 3.05) is 32.6 Å². The number of nitrogens with one attached hydrogen (secondary N) is 2. The Kier molecular flexibility index (Phi) is 8.66. The van der Waals surface area contributed by atoms with Crippen LogP contribution in [0.4, 0.5) is 5.69 Å². The van der Waals surface area contributed by atoms with Crippen molar-refractivity contribution in [1.29, 1.82) is 0 Å². The second-order valence-corrected chi connectivity index (χ2v) is 9.73. The van der Waals surface area contributed by atoms with E-state index in [1.54, 1.807) is 13.0 Å². The predicted molar refractivity (Wildman–Crippen MR) is 138 cm³/mol. The number of carbonyl (C=O) groups is 1. The zero-order valence-electron chi connectivity index (χ0n) is 21.1. The molecule has 1 fully saturated rings. The Bertz CT molecular complexity index is 1070. The Morgan fingerprint density at radius 2 is 1.79 bits per heavy atom. The third-order valence-electron chi connectivity index (χ3n) is 7.05. The molecule has 34 heavy (non-hydrogen) atoms. The van der Waals surface area contributed by atoms with Crippen molar-refractivity contribution in [3.63, 3.8) is 0 Å². The molecule has 2 N–H and O–H groups in total. The van der Waals surface area contributed by atoms with E-state index in [-0.39, 0.29) is 17.9 Å². The average Bonchev–Trinajstić information content (AvgIpc) is 2.80. The molecule has 1 aliphatic carbocycles. The third-order valence-corrected chi connectivity index (χ3v) is 7.26. The minimum Gasteiger partial charge on any atom is -0.482 e. The molecule has 1 aromatic heterocycles. The van der Waals surface area contributed by atoms with Gasteiger partial charge in [-0.15, -0.1) is 0 Å². The summed E-state index contributed by atoms with van der Waals surface area (Å²) in [7, 11) is 5.80.